The average Bonchev–Trinajstić information content (AvgIpc) is 2.64. The Labute approximate surface area is 136 Å². The summed E-state index contributed by atoms with van der Waals surface area (Å²) in [7, 11) is 0. The molecule has 1 aromatic carbocycles. The summed E-state index contributed by atoms with van der Waals surface area (Å²) < 4.78 is 0. The third-order valence-corrected chi connectivity index (χ3v) is 3.98. The molecule has 1 aliphatic heterocycles. The van der Waals surface area contributed by atoms with Crippen LogP contribution in [0.2, 0.25) is 0 Å². The molecule has 118 valence electrons. The number of piperazine rings is 1. The van der Waals surface area contributed by atoms with Gasteiger partial charge in [0.15, 0.2) is 0 Å². The van der Waals surface area contributed by atoms with Crippen LogP contribution in [-0.4, -0.2) is 54.1 Å². The molecule has 1 N–H and O–H groups in total. The molecule has 0 atom stereocenters. The number of aromatic nitrogens is 2. The summed E-state index contributed by atoms with van der Waals surface area (Å²) >= 11 is 0. The Morgan fingerprint density at radius 1 is 1.04 bits per heavy atom. The normalized spacial score (nSPS) is 15.2. The van der Waals surface area contributed by atoms with E-state index in [0.717, 1.165) is 50.9 Å². The molecule has 0 saturated carbocycles. The van der Waals surface area contributed by atoms with Crippen LogP contribution in [0.3, 0.4) is 0 Å². The zero-order valence-corrected chi connectivity index (χ0v) is 13.0. The molecule has 1 aliphatic rings. The number of benzene rings is 1. The summed E-state index contributed by atoms with van der Waals surface area (Å²) in [5.74, 6) is 0.822. The van der Waals surface area contributed by atoms with Crippen molar-refractivity contribution in [3.05, 3.63) is 48.3 Å². The second-order valence-electron chi connectivity index (χ2n) is 5.49. The fourth-order valence-corrected chi connectivity index (χ4v) is 2.65. The van der Waals surface area contributed by atoms with Gasteiger partial charge in [-0.2, -0.15) is 5.26 Å². The van der Waals surface area contributed by atoms with Crippen molar-refractivity contribution in [3.8, 4) is 6.07 Å². The van der Waals surface area contributed by atoms with E-state index in [0.29, 0.717) is 5.56 Å². The number of nitriles is 1. The highest BCUT2D eigenvalue weighted by Crippen LogP contribution is 2.10. The Hall–Kier alpha value is -2.65. The molecule has 2 aromatic rings. The van der Waals surface area contributed by atoms with E-state index >= 15 is 0 Å². The van der Waals surface area contributed by atoms with Crippen molar-refractivity contribution in [1.29, 1.82) is 5.26 Å². The number of nitrogens with zero attached hydrogens (tertiary/aromatic N) is 5. The molecule has 6 nitrogen and oxygen atoms in total. The van der Waals surface area contributed by atoms with Crippen LogP contribution in [0.15, 0.2) is 42.7 Å². The molecule has 0 radical (unpaired) electrons. The molecule has 0 spiro atoms. The number of hydrogen-bond donors (Lipinski definition) is 1. The van der Waals surface area contributed by atoms with Gasteiger partial charge in [0, 0.05) is 57.3 Å². The van der Waals surface area contributed by atoms with Gasteiger partial charge in [0.2, 0.25) is 5.95 Å². The van der Waals surface area contributed by atoms with Gasteiger partial charge >= 0.3 is 0 Å². The van der Waals surface area contributed by atoms with Crippen molar-refractivity contribution in [2.24, 2.45) is 0 Å². The first-order valence-corrected chi connectivity index (χ1v) is 7.83. The second kappa shape index (κ2) is 7.56. The lowest BCUT2D eigenvalue weighted by molar-refractivity contribution is 0.266. The molecule has 0 aliphatic carbocycles. The molecule has 0 unspecified atom stereocenters. The Balaban J connectivity index is 1.40. The van der Waals surface area contributed by atoms with Gasteiger partial charge in [0.1, 0.15) is 0 Å². The quantitative estimate of drug-likeness (QED) is 0.904. The summed E-state index contributed by atoms with van der Waals surface area (Å²) in [6.07, 6.45) is 3.58. The summed E-state index contributed by atoms with van der Waals surface area (Å²) in [6, 6.07) is 11.5. The molecule has 0 amide bonds. The zero-order chi connectivity index (χ0) is 15.9. The predicted octanol–water partition coefficient (Wildman–Crippen LogP) is 1.58. The Morgan fingerprint density at radius 2 is 1.74 bits per heavy atom. The fourth-order valence-electron chi connectivity index (χ4n) is 2.65. The molecule has 0 bridgehead atoms. The highest BCUT2D eigenvalue weighted by molar-refractivity contribution is 5.47. The third kappa shape index (κ3) is 4.18. The molecule has 1 aromatic heterocycles. The maximum absolute atomic E-state index is 8.79. The molecule has 1 fully saturated rings. The number of nitrogens with one attached hydrogen (secondary N) is 1. The SMILES string of the molecule is N#Cc1ccc(NCCN2CCN(c3ncccn3)CC2)cc1. The van der Waals surface area contributed by atoms with E-state index < -0.39 is 0 Å². The average molecular weight is 308 g/mol. The van der Waals surface area contributed by atoms with Crippen LogP contribution in [0.5, 0.6) is 0 Å². The number of hydrogen-bond acceptors (Lipinski definition) is 6. The van der Waals surface area contributed by atoms with E-state index in [1.54, 1.807) is 12.4 Å². The summed E-state index contributed by atoms with van der Waals surface area (Å²) in [5, 5.41) is 12.2. The third-order valence-electron chi connectivity index (χ3n) is 3.98. The first kappa shape index (κ1) is 15.3. The Morgan fingerprint density at radius 3 is 2.39 bits per heavy atom. The van der Waals surface area contributed by atoms with E-state index in [2.05, 4.69) is 31.2 Å². The van der Waals surface area contributed by atoms with Crippen LogP contribution < -0.4 is 10.2 Å². The molecule has 23 heavy (non-hydrogen) atoms. The fraction of sp³-hybridized carbons (Fsp3) is 0.353. The monoisotopic (exact) mass is 308 g/mol. The zero-order valence-electron chi connectivity index (χ0n) is 13.0. The lowest BCUT2D eigenvalue weighted by Crippen LogP contribution is -2.48. The molecular formula is C17H20N6. The Kier molecular flexibility index (Phi) is 5.02. The van der Waals surface area contributed by atoms with Gasteiger partial charge in [-0.05, 0) is 30.3 Å². The standard InChI is InChI=1S/C17H20N6/c18-14-15-2-4-16(5-3-15)19-8-9-22-10-12-23(13-11-22)17-20-6-1-7-21-17/h1-7,19H,8-13H2. The number of anilines is 2. The molecule has 6 heteroatoms. The highest BCUT2D eigenvalue weighted by atomic mass is 15.3. The first-order valence-electron chi connectivity index (χ1n) is 7.83. The first-order chi connectivity index (χ1) is 11.3. The van der Waals surface area contributed by atoms with Crippen LogP contribution in [-0.2, 0) is 0 Å². The lowest BCUT2D eigenvalue weighted by atomic mass is 10.2. The minimum Gasteiger partial charge on any atom is -0.384 e. The van der Waals surface area contributed by atoms with Gasteiger partial charge < -0.3 is 10.2 Å². The van der Waals surface area contributed by atoms with Gasteiger partial charge in [0.05, 0.1) is 11.6 Å². The van der Waals surface area contributed by atoms with E-state index in [1.165, 1.54) is 0 Å². The minimum absolute atomic E-state index is 0.690. The second-order valence-corrected chi connectivity index (χ2v) is 5.49. The van der Waals surface area contributed by atoms with Gasteiger partial charge in [0.25, 0.3) is 0 Å². The van der Waals surface area contributed by atoms with Gasteiger partial charge in [-0.25, -0.2) is 9.97 Å². The summed E-state index contributed by atoms with van der Waals surface area (Å²) in [5.41, 5.74) is 1.75. The molecule has 3 rings (SSSR count). The van der Waals surface area contributed by atoms with Gasteiger partial charge in [-0.1, -0.05) is 0 Å². The maximum atomic E-state index is 8.79. The van der Waals surface area contributed by atoms with Crippen molar-refractivity contribution >= 4 is 11.6 Å². The molecule has 1 saturated heterocycles. The van der Waals surface area contributed by atoms with Crippen LogP contribution in [0, 0.1) is 11.3 Å². The van der Waals surface area contributed by atoms with Gasteiger partial charge in [-0.15, -0.1) is 0 Å². The highest BCUT2D eigenvalue weighted by Gasteiger charge is 2.18. The number of rotatable bonds is 5. The molecule has 2 heterocycles. The van der Waals surface area contributed by atoms with Crippen LogP contribution in [0.4, 0.5) is 11.6 Å². The topological polar surface area (TPSA) is 68.1 Å². The van der Waals surface area contributed by atoms with Crippen molar-refractivity contribution in [2.75, 3.05) is 49.5 Å². The van der Waals surface area contributed by atoms with Crippen molar-refractivity contribution in [3.63, 3.8) is 0 Å². The largest absolute Gasteiger partial charge is 0.384 e. The Bertz CT molecular complexity index is 641. The van der Waals surface area contributed by atoms with Crippen LogP contribution in [0.25, 0.3) is 0 Å². The van der Waals surface area contributed by atoms with E-state index in [4.69, 9.17) is 5.26 Å². The van der Waals surface area contributed by atoms with Crippen molar-refractivity contribution in [2.45, 2.75) is 0 Å². The smallest absolute Gasteiger partial charge is 0.225 e. The van der Waals surface area contributed by atoms with Crippen LogP contribution >= 0.6 is 0 Å². The lowest BCUT2D eigenvalue weighted by Gasteiger charge is -2.34. The summed E-state index contributed by atoms with van der Waals surface area (Å²) in [4.78, 5) is 13.3. The van der Waals surface area contributed by atoms with Crippen LogP contribution in [0.1, 0.15) is 5.56 Å². The van der Waals surface area contributed by atoms with E-state index in [1.807, 2.05) is 30.3 Å². The van der Waals surface area contributed by atoms with Crippen molar-refractivity contribution < 1.29 is 0 Å². The maximum Gasteiger partial charge on any atom is 0.225 e. The van der Waals surface area contributed by atoms with E-state index in [-0.39, 0.29) is 0 Å². The van der Waals surface area contributed by atoms with Crippen molar-refractivity contribution in [1.82, 2.24) is 14.9 Å². The molecular weight excluding hydrogens is 288 g/mol. The van der Waals surface area contributed by atoms with Gasteiger partial charge in [-0.3, -0.25) is 4.90 Å². The minimum atomic E-state index is 0.690. The van der Waals surface area contributed by atoms with E-state index in [9.17, 15) is 0 Å². The predicted molar refractivity (Wildman–Crippen MR) is 90.3 cm³/mol. The summed E-state index contributed by atoms with van der Waals surface area (Å²) in [6.45, 7) is 5.86.